The number of rotatable bonds is 6. The van der Waals surface area contributed by atoms with E-state index in [0.717, 1.165) is 35.2 Å². The summed E-state index contributed by atoms with van der Waals surface area (Å²) in [4.78, 5) is 27.3. The quantitative estimate of drug-likeness (QED) is 0.572. The van der Waals surface area contributed by atoms with E-state index in [0.29, 0.717) is 26.4 Å². The van der Waals surface area contributed by atoms with Gasteiger partial charge in [-0.25, -0.2) is 0 Å². The molecule has 140 valence electrons. The number of carbonyl (C=O) groups excluding carboxylic acids is 2. The van der Waals surface area contributed by atoms with Gasteiger partial charge in [-0.15, -0.1) is 10.2 Å². The molecule has 0 saturated carbocycles. The molecule has 1 N–H and O–H groups in total. The van der Waals surface area contributed by atoms with Gasteiger partial charge in [-0.1, -0.05) is 72.6 Å². The monoisotopic (exact) mass is 418 g/mol. The Bertz CT molecular complexity index is 908. The van der Waals surface area contributed by atoms with Crippen molar-refractivity contribution in [3.63, 3.8) is 0 Å². The number of aromatic nitrogens is 2. The molecule has 2 amide bonds. The maximum atomic E-state index is 13.0. The van der Waals surface area contributed by atoms with Gasteiger partial charge in [0.15, 0.2) is 0 Å². The van der Waals surface area contributed by atoms with Crippen molar-refractivity contribution in [2.24, 2.45) is 0 Å². The van der Waals surface area contributed by atoms with E-state index >= 15 is 0 Å². The first-order chi connectivity index (χ1) is 13.0. The number of nitrogens with zero attached hydrogens (tertiary/aromatic N) is 3. The molecule has 2 aromatic rings. The Labute approximate surface area is 171 Å². The first-order valence-electron chi connectivity index (χ1n) is 8.40. The maximum Gasteiger partial charge on any atom is 0.266 e. The van der Waals surface area contributed by atoms with Gasteiger partial charge in [0.1, 0.15) is 9.33 Å². The number of benzene rings is 1. The Kier molecular flexibility index (Phi) is 6.35. The lowest BCUT2D eigenvalue weighted by atomic mass is 10.0. The first kappa shape index (κ1) is 19.7. The van der Waals surface area contributed by atoms with E-state index in [-0.39, 0.29) is 11.8 Å². The minimum atomic E-state index is -0.355. The highest BCUT2D eigenvalue weighted by atomic mass is 32.2. The normalized spacial score (nSPS) is 16.0. The second-order valence-electron chi connectivity index (χ2n) is 5.91. The SMILES string of the molecule is CCCc1nnc(NC(=O)/C(Cc2ccccc2)=C2/SC(=S)N(C)C2=O)s1. The molecular formula is C18H18N4O2S3. The summed E-state index contributed by atoms with van der Waals surface area (Å²) in [6.07, 6.45) is 2.11. The van der Waals surface area contributed by atoms with E-state index in [1.54, 1.807) is 7.05 Å². The summed E-state index contributed by atoms with van der Waals surface area (Å²) in [5.41, 5.74) is 1.32. The number of hydrogen-bond donors (Lipinski definition) is 1. The zero-order valence-electron chi connectivity index (χ0n) is 14.9. The summed E-state index contributed by atoms with van der Waals surface area (Å²) in [6, 6.07) is 9.55. The molecule has 3 rings (SSSR count). The molecule has 0 unspecified atom stereocenters. The van der Waals surface area contributed by atoms with Gasteiger partial charge < -0.3 is 0 Å². The van der Waals surface area contributed by atoms with Crippen molar-refractivity contribution >= 4 is 56.6 Å². The molecule has 9 heteroatoms. The zero-order chi connectivity index (χ0) is 19.4. The number of carbonyl (C=O) groups is 2. The largest absolute Gasteiger partial charge is 0.297 e. The molecule has 1 aliphatic heterocycles. The molecule has 1 aliphatic rings. The van der Waals surface area contributed by atoms with Crippen LogP contribution in [0.4, 0.5) is 5.13 Å². The number of aryl methyl sites for hydroxylation is 1. The molecule has 1 saturated heterocycles. The Morgan fingerprint density at radius 1 is 1.26 bits per heavy atom. The molecule has 1 aromatic heterocycles. The highest BCUT2D eigenvalue weighted by Gasteiger charge is 2.34. The average molecular weight is 419 g/mol. The Morgan fingerprint density at radius 3 is 2.63 bits per heavy atom. The minimum absolute atomic E-state index is 0.255. The third-order valence-electron chi connectivity index (χ3n) is 3.89. The summed E-state index contributed by atoms with van der Waals surface area (Å²) in [7, 11) is 1.62. The van der Waals surface area contributed by atoms with E-state index in [1.165, 1.54) is 16.2 Å². The Hall–Kier alpha value is -2.10. The summed E-state index contributed by atoms with van der Waals surface area (Å²) < 4.78 is 0.439. The second-order valence-corrected chi connectivity index (χ2v) is 8.61. The molecule has 1 fully saturated rings. The van der Waals surface area contributed by atoms with Crippen molar-refractivity contribution in [1.82, 2.24) is 15.1 Å². The van der Waals surface area contributed by atoms with Crippen molar-refractivity contribution in [2.45, 2.75) is 26.2 Å². The lowest BCUT2D eigenvalue weighted by Crippen LogP contribution is -2.25. The van der Waals surface area contributed by atoms with Gasteiger partial charge in [-0.2, -0.15) is 0 Å². The molecule has 0 radical (unpaired) electrons. The van der Waals surface area contributed by atoms with E-state index in [1.807, 2.05) is 30.3 Å². The predicted molar refractivity (Wildman–Crippen MR) is 113 cm³/mol. The summed E-state index contributed by atoms with van der Waals surface area (Å²) in [5.74, 6) is -0.609. The van der Waals surface area contributed by atoms with Crippen LogP contribution in [0.1, 0.15) is 23.9 Å². The van der Waals surface area contributed by atoms with Gasteiger partial charge in [-0.05, 0) is 12.0 Å². The number of thiocarbonyl (C=S) groups is 1. The standard InChI is InChI=1S/C18H18N4O2S3/c1-3-7-13-20-21-17(26-13)19-15(23)12(10-11-8-5-4-6-9-11)14-16(24)22(2)18(25)27-14/h4-6,8-9H,3,7,10H2,1-2H3,(H,19,21,23)/b14-12+. The van der Waals surface area contributed by atoms with Crippen molar-refractivity contribution in [1.29, 1.82) is 0 Å². The number of hydrogen-bond acceptors (Lipinski definition) is 7. The van der Waals surface area contributed by atoms with E-state index in [2.05, 4.69) is 22.4 Å². The van der Waals surface area contributed by atoms with Crippen molar-refractivity contribution in [2.75, 3.05) is 12.4 Å². The Balaban J connectivity index is 1.90. The van der Waals surface area contributed by atoms with Crippen LogP contribution in [0, 0.1) is 0 Å². The van der Waals surface area contributed by atoms with Crippen LogP contribution in [0.25, 0.3) is 0 Å². The average Bonchev–Trinajstić information content (AvgIpc) is 3.20. The maximum absolute atomic E-state index is 13.0. The molecule has 1 aromatic carbocycles. The van der Waals surface area contributed by atoms with Crippen LogP contribution in [0.5, 0.6) is 0 Å². The van der Waals surface area contributed by atoms with Gasteiger partial charge in [0, 0.05) is 25.5 Å². The first-order valence-corrected chi connectivity index (χ1v) is 10.4. The highest BCUT2D eigenvalue weighted by molar-refractivity contribution is 8.26. The van der Waals surface area contributed by atoms with Crippen LogP contribution in [-0.4, -0.2) is 38.3 Å². The molecular weight excluding hydrogens is 400 g/mol. The third kappa shape index (κ3) is 4.60. The van der Waals surface area contributed by atoms with Crippen molar-refractivity contribution in [3.8, 4) is 0 Å². The van der Waals surface area contributed by atoms with E-state index < -0.39 is 0 Å². The van der Waals surface area contributed by atoms with Crippen molar-refractivity contribution in [3.05, 3.63) is 51.4 Å². The second kappa shape index (κ2) is 8.73. The van der Waals surface area contributed by atoms with Gasteiger partial charge in [0.2, 0.25) is 5.13 Å². The highest BCUT2D eigenvalue weighted by Crippen LogP contribution is 2.34. The summed E-state index contributed by atoms with van der Waals surface area (Å²) in [6.45, 7) is 2.06. The fourth-order valence-corrected chi connectivity index (χ4v) is 4.56. The summed E-state index contributed by atoms with van der Waals surface area (Å²) in [5, 5.41) is 12.2. The molecule has 6 nitrogen and oxygen atoms in total. The van der Waals surface area contributed by atoms with Gasteiger partial charge in [0.25, 0.3) is 11.8 Å². The number of thioether (sulfide) groups is 1. The predicted octanol–water partition coefficient (Wildman–Crippen LogP) is 3.42. The van der Waals surface area contributed by atoms with Gasteiger partial charge in [-0.3, -0.25) is 19.8 Å². The minimum Gasteiger partial charge on any atom is -0.297 e. The molecule has 2 heterocycles. The smallest absolute Gasteiger partial charge is 0.266 e. The van der Waals surface area contributed by atoms with Crippen LogP contribution in [0.2, 0.25) is 0 Å². The fourth-order valence-electron chi connectivity index (χ4n) is 2.48. The Morgan fingerprint density at radius 2 is 2.00 bits per heavy atom. The number of nitrogens with one attached hydrogen (secondary N) is 1. The molecule has 0 atom stereocenters. The topological polar surface area (TPSA) is 75.2 Å². The van der Waals surface area contributed by atoms with Crippen LogP contribution in [0.15, 0.2) is 40.8 Å². The zero-order valence-corrected chi connectivity index (χ0v) is 17.3. The molecule has 0 spiro atoms. The lowest BCUT2D eigenvalue weighted by Gasteiger charge is -2.10. The van der Waals surface area contributed by atoms with E-state index in [4.69, 9.17) is 12.2 Å². The van der Waals surface area contributed by atoms with Crippen LogP contribution in [-0.2, 0) is 22.4 Å². The number of anilines is 1. The van der Waals surface area contributed by atoms with Crippen molar-refractivity contribution < 1.29 is 9.59 Å². The summed E-state index contributed by atoms with van der Waals surface area (Å²) >= 11 is 7.71. The number of likely N-dealkylation sites (N-methyl/N-ethyl adjacent to an activating group) is 1. The van der Waals surface area contributed by atoms with Crippen LogP contribution < -0.4 is 5.32 Å². The molecule has 0 bridgehead atoms. The number of amides is 2. The fraction of sp³-hybridized carbons (Fsp3) is 0.278. The lowest BCUT2D eigenvalue weighted by molar-refractivity contribution is -0.122. The third-order valence-corrected chi connectivity index (χ3v) is 6.38. The molecule has 27 heavy (non-hydrogen) atoms. The molecule has 0 aliphatic carbocycles. The van der Waals surface area contributed by atoms with Crippen LogP contribution in [0.3, 0.4) is 0 Å². The van der Waals surface area contributed by atoms with E-state index in [9.17, 15) is 9.59 Å². The van der Waals surface area contributed by atoms with Crippen LogP contribution >= 0.6 is 35.3 Å². The van der Waals surface area contributed by atoms with Gasteiger partial charge >= 0.3 is 0 Å². The van der Waals surface area contributed by atoms with Gasteiger partial charge in [0.05, 0.1) is 4.91 Å².